The van der Waals surface area contributed by atoms with Crippen LogP contribution in [-0.4, -0.2) is 17.0 Å². The number of piperidine rings is 1. The normalized spacial score (nSPS) is 18.0. The summed E-state index contributed by atoms with van der Waals surface area (Å²) in [5.41, 5.74) is 0.188. The molecule has 0 saturated carbocycles. The van der Waals surface area contributed by atoms with Gasteiger partial charge < -0.3 is 5.32 Å². The zero-order chi connectivity index (χ0) is 11.0. The minimum absolute atomic E-state index is 0.188. The third-order valence-electron chi connectivity index (χ3n) is 3.15. The summed E-state index contributed by atoms with van der Waals surface area (Å²) >= 11 is 1.61. The van der Waals surface area contributed by atoms with Crippen molar-refractivity contribution in [3.63, 3.8) is 0 Å². The van der Waals surface area contributed by atoms with Crippen LogP contribution < -0.4 is 10.9 Å². The number of nitrogens with zero attached hydrogens (tertiary/aromatic N) is 1. The molecular formula is C12H14N2OS. The first kappa shape index (κ1) is 10.1. The zero-order valence-corrected chi connectivity index (χ0v) is 9.80. The van der Waals surface area contributed by atoms with Gasteiger partial charge in [-0.05, 0) is 38.1 Å². The molecule has 0 bridgehead atoms. The quantitative estimate of drug-likeness (QED) is 0.818. The van der Waals surface area contributed by atoms with Crippen LogP contribution in [0.15, 0.2) is 29.1 Å². The molecule has 0 atom stereocenters. The van der Waals surface area contributed by atoms with Gasteiger partial charge in [0.1, 0.15) is 0 Å². The summed E-state index contributed by atoms with van der Waals surface area (Å²) in [6.07, 6.45) is 2.12. The molecule has 1 N–H and O–H groups in total. The van der Waals surface area contributed by atoms with Crippen molar-refractivity contribution in [2.45, 2.75) is 18.9 Å². The van der Waals surface area contributed by atoms with Crippen LogP contribution in [0.4, 0.5) is 0 Å². The van der Waals surface area contributed by atoms with Gasteiger partial charge in [-0.2, -0.15) is 0 Å². The van der Waals surface area contributed by atoms with Crippen LogP contribution in [0.2, 0.25) is 0 Å². The summed E-state index contributed by atoms with van der Waals surface area (Å²) in [4.78, 5) is 12.2. The van der Waals surface area contributed by atoms with Crippen molar-refractivity contribution >= 4 is 21.6 Å². The Morgan fingerprint density at radius 1 is 1.25 bits per heavy atom. The topological polar surface area (TPSA) is 34.0 Å². The predicted molar refractivity (Wildman–Crippen MR) is 67.2 cm³/mol. The second-order valence-electron chi connectivity index (χ2n) is 4.20. The van der Waals surface area contributed by atoms with Gasteiger partial charge in [0, 0.05) is 0 Å². The van der Waals surface area contributed by atoms with Gasteiger partial charge in [-0.15, -0.1) is 0 Å². The molecule has 0 amide bonds. The number of rotatable bonds is 1. The minimum Gasteiger partial charge on any atom is -0.317 e. The average Bonchev–Trinajstić information content (AvgIpc) is 2.69. The molecule has 2 heterocycles. The average molecular weight is 234 g/mol. The van der Waals surface area contributed by atoms with Gasteiger partial charge in [0.15, 0.2) is 0 Å². The molecule has 0 radical (unpaired) electrons. The van der Waals surface area contributed by atoms with Gasteiger partial charge in [-0.25, -0.2) is 0 Å². The van der Waals surface area contributed by atoms with E-state index in [1.165, 1.54) is 0 Å². The highest BCUT2D eigenvalue weighted by Gasteiger charge is 2.18. The van der Waals surface area contributed by atoms with E-state index >= 15 is 0 Å². The summed E-state index contributed by atoms with van der Waals surface area (Å²) in [5, 5.41) is 4.19. The van der Waals surface area contributed by atoms with E-state index in [1.807, 2.05) is 28.2 Å². The maximum atomic E-state index is 12.2. The molecular weight excluding hydrogens is 220 g/mol. The van der Waals surface area contributed by atoms with Gasteiger partial charge in [0.25, 0.3) is 5.56 Å². The molecule has 0 spiro atoms. The first-order valence-corrected chi connectivity index (χ1v) is 6.45. The van der Waals surface area contributed by atoms with Gasteiger partial charge in [0.05, 0.1) is 16.1 Å². The Morgan fingerprint density at radius 3 is 2.75 bits per heavy atom. The fraction of sp³-hybridized carbons (Fsp3) is 0.417. The Labute approximate surface area is 97.9 Å². The minimum atomic E-state index is 0.188. The van der Waals surface area contributed by atoms with Crippen molar-refractivity contribution in [2.24, 2.45) is 0 Å². The molecule has 4 heteroatoms. The lowest BCUT2D eigenvalue weighted by atomic mass is 10.1. The Kier molecular flexibility index (Phi) is 2.53. The molecule has 84 valence electrons. The summed E-state index contributed by atoms with van der Waals surface area (Å²) in [7, 11) is 0. The van der Waals surface area contributed by atoms with Crippen molar-refractivity contribution < 1.29 is 0 Å². The predicted octanol–water partition coefficient (Wildman–Crippen LogP) is 1.99. The van der Waals surface area contributed by atoms with E-state index < -0.39 is 0 Å². The molecule has 1 saturated heterocycles. The second kappa shape index (κ2) is 4.03. The maximum Gasteiger partial charge on any atom is 0.268 e. The lowest BCUT2D eigenvalue weighted by molar-refractivity contribution is 0.381. The first-order chi connectivity index (χ1) is 7.86. The monoisotopic (exact) mass is 234 g/mol. The van der Waals surface area contributed by atoms with Gasteiger partial charge in [-0.1, -0.05) is 23.7 Å². The Balaban J connectivity index is 2.09. The molecule has 16 heavy (non-hydrogen) atoms. The summed E-state index contributed by atoms with van der Waals surface area (Å²) in [6.45, 7) is 2.04. The molecule has 0 aliphatic carbocycles. The fourth-order valence-corrected chi connectivity index (χ4v) is 3.42. The molecule has 1 fully saturated rings. The Bertz CT molecular complexity index is 551. The van der Waals surface area contributed by atoms with Gasteiger partial charge >= 0.3 is 0 Å². The fourth-order valence-electron chi connectivity index (χ4n) is 2.27. The summed E-state index contributed by atoms with van der Waals surface area (Å²) in [5.74, 6) is 0. The van der Waals surface area contributed by atoms with E-state index in [2.05, 4.69) is 5.32 Å². The maximum absolute atomic E-state index is 12.2. The highest BCUT2D eigenvalue weighted by atomic mass is 32.1. The van der Waals surface area contributed by atoms with Crippen LogP contribution in [0.5, 0.6) is 0 Å². The molecule has 2 aromatic rings. The Morgan fingerprint density at radius 2 is 2.00 bits per heavy atom. The molecule has 1 aliphatic heterocycles. The van der Waals surface area contributed by atoms with Crippen LogP contribution in [-0.2, 0) is 0 Å². The van der Waals surface area contributed by atoms with Crippen molar-refractivity contribution in [1.29, 1.82) is 0 Å². The van der Waals surface area contributed by atoms with E-state index in [4.69, 9.17) is 0 Å². The molecule has 1 aliphatic rings. The lowest BCUT2D eigenvalue weighted by Crippen LogP contribution is -2.31. The standard InChI is InChI=1S/C12H14N2OS/c15-12-10-3-1-2-4-11(10)16-14(12)9-5-7-13-8-6-9/h1-4,9,13H,5-8H2. The second-order valence-corrected chi connectivity index (χ2v) is 5.22. The van der Waals surface area contributed by atoms with Crippen LogP contribution >= 0.6 is 11.5 Å². The van der Waals surface area contributed by atoms with Crippen molar-refractivity contribution in [1.82, 2.24) is 9.27 Å². The number of hydrogen-bond donors (Lipinski definition) is 1. The van der Waals surface area contributed by atoms with Crippen LogP contribution in [0, 0.1) is 0 Å². The van der Waals surface area contributed by atoms with E-state index in [9.17, 15) is 4.79 Å². The largest absolute Gasteiger partial charge is 0.317 e. The van der Waals surface area contributed by atoms with E-state index in [1.54, 1.807) is 11.5 Å². The van der Waals surface area contributed by atoms with Gasteiger partial charge in [0.2, 0.25) is 0 Å². The number of benzene rings is 1. The molecule has 0 unspecified atom stereocenters. The summed E-state index contributed by atoms with van der Waals surface area (Å²) in [6, 6.07) is 8.27. The van der Waals surface area contributed by atoms with Gasteiger partial charge in [-0.3, -0.25) is 8.75 Å². The van der Waals surface area contributed by atoms with Crippen LogP contribution in [0.25, 0.3) is 10.1 Å². The molecule has 3 nitrogen and oxygen atoms in total. The van der Waals surface area contributed by atoms with E-state index in [0.717, 1.165) is 36.0 Å². The highest BCUT2D eigenvalue weighted by molar-refractivity contribution is 7.13. The highest BCUT2D eigenvalue weighted by Crippen LogP contribution is 2.24. The molecule has 1 aromatic heterocycles. The number of fused-ring (bicyclic) bond motifs is 1. The molecule has 1 aromatic carbocycles. The number of nitrogens with one attached hydrogen (secondary N) is 1. The van der Waals surface area contributed by atoms with Crippen LogP contribution in [0.1, 0.15) is 18.9 Å². The zero-order valence-electron chi connectivity index (χ0n) is 8.98. The third-order valence-corrected chi connectivity index (χ3v) is 4.37. The Hall–Kier alpha value is -1.13. The first-order valence-electron chi connectivity index (χ1n) is 5.67. The third kappa shape index (κ3) is 1.58. The van der Waals surface area contributed by atoms with Crippen molar-refractivity contribution in [2.75, 3.05) is 13.1 Å². The molecule has 3 rings (SSSR count). The van der Waals surface area contributed by atoms with Crippen molar-refractivity contribution in [3.8, 4) is 0 Å². The number of aromatic nitrogens is 1. The van der Waals surface area contributed by atoms with Crippen molar-refractivity contribution in [3.05, 3.63) is 34.6 Å². The lowest BCUT2D eigenvalue weighted by Gasteiger charge is -2.22. The SMILES string of the molecule is O=c1c2ccccc2sn1C1CCNCC1. The summed E-state index contributed by atoms with van der Waals surface area (Å²) < 4.78 is 3.07. The van der Waals surface area contributed by atoms with E-state index in [-0.39, 0.29) is 5.56 Å². The smallest absolute Gasteiger partial charge is 0.268 e. The van der Waals surface area contributed by atoms with Crippen LogP contribution in [0.3, 0.4) is 0 Å². The van der Waals surface area contributed by atoms with E-state index in [0.29, 0.717) is 6.04 Å². The number of hydrogen-bond acceptors (Lipinski definition) is 3.